The second-order valence-electron chi connectivity index (χ2n) is 5.82. The van der Waals surface area contributed by atoms with E-state index in [1.165, 1.54) is 0 Å². The van der Waals surface area contributed by atoms with E-state index in [4.69, 9.17) is 5.26 Å². The molecule has 20 heavy (non-hydrogen) atoms. The Morgan fingerprint density at radius 2 is 2.25 bits per heavy atom. The number of nitriles is 1. The average Bonchev–Trinajstić information content (AvgIpc) is 2.44. The maximum absolute atomic E-state index is 11.9. The molecule has 106 valence electrons. The topological polar surface area (TPSA) is 76.0 Å². The number of nitrogens with one attached hydrogen (secondary N) is 1. The molecule has 0 saturated carbocycles. The minimum Gasteiger partial charge on any atom is -0.595 e. The van der Waals surface area contributed by atoms with Crippen molar-refractivity contribution in [1.29, 1.82) is 5.26 Å². The van der Waals surface area contributed by atoms with Gasteiger partial charge in [0.2, 0.25) is 0 Å². The molecule has 1 heterocycles. The van der Waals surface area contributed by atoms with Gasteiger partial charge < -0.3 is 10.2 Å². The molecule has 0 aliphatic carbocycles. The van der Waals surface area contributed by atoms with E-state index in [1.807, 2.05) is 26.8 Å². The largest absolute Gasteiger partial charge is 0.595 e. The van der Waals surface area contributed by atoms with Gasteiger partial charge in [0, 0.05) is 24.1 Å². The second-order valence-corrected chi connectivity index (χ2v) is 7.30. The molecule has 5 heteroatoms. The first-order valence-electron chi connectivity index (χ1n) is 6.83. The van der Waals surface area contributed by atoms with Gasteiger partial charge in [0.1, 0.15) is 0 Å². The fourth-order valence-electron chi connectivity index (χ4n) is 2.94. The molecule has 4 nitrogen and oxygen atoms in total. The molecule has 0 radical (unpaired) electrons. The maximum Gasteiger partial charge on any atom is 0.315 e. The SMILES string of the molecule is CC(C)C(C)(C1CCNc2cc(C#N)ccc21)[P+](=O)[O-]. The zero-order valence-corrected chi connectivity index (χ0v) is 12.9. The second kappa shape index (κ2) is 5.52. The molecule has 3 atom stereocenters. The Hall–Kier alpha value is -1.43. The molecule has 1 N–H and O–H groups in total. The number of benzene rings is 1. The quantitative estimate of drug-likeness (QED) is 0.868. The fraction of sp³-hybridized carbons (Fsp3) is 0.533. The number of hydrogen-bond acceptors (Lipinski definition) is 4. The van der Waals surface area contributed by atoms with Crippen molar-refractivity contribution in [2.24, 2.45) is 5.92 Å². The number of fused-ring (bicyclic) bond motifs is 1. The number of anilines is 1. The molecular weight excluding hydrogens is 271 g/mol. The number of hydrogen-bond donors (Lipinski definition) is 1. The Morgan fingerprint density at radius 3 is 2.80 bits per heavy atom. The van der Waals surface area contributed by atoms with Gasteiger partial charge in [-0.05, 0) is 31.0 Å². The summed E-state index contributed by atoms with van der Waals surface area (Å²) in [6.07, 6.45) is 0.789. The molecule has 0 fully saturated rings. The van der Waals surface area contributed by atoms with Gasteiger partial charge in [-0.25, -0.2) is 0 Å². The highest BCUT2D eigenvalue weighted by Gasteiger charge is 2.50. The Labute approximate surface area is 120 Å². The highest BCUT2D eigenvalue weighted by atomic mass is 31.1. The van der Waals surface area contributed by atoms with Crippen LogP contribution in [0.1, 0.15) is 44.2 Å². The first-order chi connectivity index (χ1) is 9.41. The van der Waals surface area contributed by atoms with Crippen molar-refractivity contribution in [3.8, 4) is 6.07 Å². The highest BCUT2D eigenvalue weighted by molar-refractivity contribution is 7.38. The Bertz CT molecular complexity index is 580. The van der Waals surface area contributed by atoms with Gasteiger partial charge in [-0.1, -0.05) is 24.5 Å². The third-order valence-electron chi connectivity index (χ3n) is 4.57. The predicted molar refractivity (Wildman–Crippen MR) is 77.9 cm³/mol. The van der Waals surface area contributed by atoms with Gasteiger partial charge in [-0.2, -0.15) is 5.26 Å². The van der Waals surface area contributed by atoms with Crippen LogP contribution in [0.4, 0.5) is 5.69 Å². The normalized spacial score (nSPS) is 21.4. The van der Waals surface area contributed by atoms with Crippen LogP contribution in [0, 0.1) is 17.2 Å². The molecule has 0 bridgehead atoms. The third kappa shape index (κ3) is 2.32. The van der Waals surface area contributed by atoms with Crippen LogP contribution >= 0.6 is 8.03 Å². The summed E-state index contributed by atoms with van der Waals surface area (Å²) in [5.74, 6) is 0.00260. The summed E-state index contributed by atoms with van der Waals surface area (Å²) in [4.78, 5) is 11.9. The van der Waals surface area contributed by atoms with Crippen molar-refractivity contribution >= 4 is 13.7 Å². The summed E-state index contributed by atoms with van der Waals surface area (Å²) >= 11 is 0. The van der Waals surface area contributed by atoms with E-state index < -0.39 is 13.2 Å². The van der Waals surface area contributed by atoms with E-state index >= 15 is 0 Å². The van der Waals surface area contributed by atoms with Gasteiger partial charge in [-0.15, -0.1) is 0 Å². The van der Waals surface area contributed by atoms with Crippen molar-refractivity contribution in [2.45, 2.75) is 38.3 Å². The van der Waals surface area contributed by atoms with Crippen molar-refractivity contribution < 1.29 is 9.46 Å². The standard InChI is InChI=1S/C15H19N2O2P/c1-10(2)15(3,20(18)19)13-6-7-17-14-8-11(9-16)4-5-12(13)14/h4-5,8,10,13,17H,6-7H2,1-3H3. The molecule has 1 aliphatic heterocycles. The van der Waals surface area contributed by atoms with Gasteiger partial charge in [0.05, 0.1) is 11.6 Å². The Balaban J connectivity index is 2.52. The Morgan fingerprint density at radius 1 is 1.55 bits per heavy atom. The van der Waals surface area contributed by atoms with Gasteiger partial charge in [0.25, 0.3) is 0 Å². The molecule has 0 saturated heterocycles. The molecule has 1 aliphatic rings. The minimum atomic E-state index is -2.54. The molecule has 2 rings (SSSR count). The van der Waals surface area contributed by atoms with E-state index in [2.05, 4.69) is 11.4 Å². The van der Waals surface area contributed by atoms with Gasteiger partial charge >= 0.3 is 8.03 Å². The van der Waals surface area contributed by atoms with Crippen LogP contribution in [-0.4, -0.2) is 11.7 Å². The molecular formula is C15H19N2O2P. The third-order valence-corrected chi connectivity index (χ3v) is 6.19. The zero-order valence-electron chi connectivity index (χ0n) is 12.0. The van der Waals surface area contributed by atoms with Crippen molar-refractivity contribution in [3.63, 3.8) is 0 Å². The van der Waals surface area contributed by atoms with Crippen LogP contribution in [0.3, 0.4) is 0 Å². The van der Waals surface area contributed by atoms with Crippen LogP contribution in [0.25, 0.3) is 0 Å². The lowest BCUT2D eigenvalue weighted by molar-refractivity contribution is -0.171. The molecule has 1 aromatic carbocycles. The molecule has 3 unspecified atom stereocenters. The summed E-state index contributed by atoms with van der Waals surface area (Å²) in [7, 11) is -2.54. The van der Waals surface area contributed by atoms with E-state index in [1.54, 1.807) is 12.1 Å². The minimum absolute atomic E-state index is 0.0346. The number of nitrogens with zero attached hydrogens (tertiary/aromatic N) is 1. The monoisotopic (exact) mass is 290 g/mol. The lowest BCUT2D eigenvalue weighted by atomic mass is 9.75. The number of rotatable bonds is 3. The van der Waals surface area contributed by atoms with Crippen LogP contribution < -0.4 is 10.2 Å². The van der Waals surface area contributed by atoms with Crippen LogP contribution in [0.5, 0.6) is 0 Å². The van der Waals surface area contributed by atoms with Crippen molar-refractivity contribution in [2.75, 3.05) is 11.9 Å². The lowest BCUT2D eigenvalue weighted by Gasteiger charge is -2.37. The van der Waals surface area contributed by atoms with Crippen molar-refractivity contribution in [1.82, 2.24) is 0 Å². The summed E-state index contributed by atoms with van der Waals surface area (Å²) < 4.78 is 11.9. The lowest BCUT2D eigenvalue weighted by Crippen LogP contribution is -2.40. The summed E-state index contributed by atoms with van der Waals surface area (Å²) in [6, 6.07) is 7.58. The summed E-state index contributed by atoms with van der Waals surface area (Å²) in [6.45, 7) is 6.48. The van der Waals surface area contributed by atoms with E-state index in [0.29, 0.717) is 5.56 Å². The van der Waals surface area contributed by atoms with Crippen LogP contribution in [0.15, 0.2) is 18.2 Å². The van der Waals surface area contributed by atoms with E-state index in [9.17, 15) is 9.46 Å². The summed E-state index contributed by atoms with van der Waals surface area (Å²) in [5, 5.41) is 11.5. The molecule has 0 spiro atoms. The van der Waals surface area contributed by atoms with Crippen molar-refractivity contribution in [3.05, 3.63) is 29.3 Å². The molecule has 1 aromatic rings. The zero-order chi connectivity index (χ0) is 14.9. The first kappa shape index (κ1) is 15.0. The predicted octanol–water partition coefficient (Wildman–Crippen LogP) is 2.97. The van der Waals surface area contributed by atoms with Crippen LogP contribution in [-0.2, 0) is 4.57 Å². The van der Waals surface area contributed by atoms with Gasteiger partial charge in [-0.3, -0.25) is 0 Å². The molecule has 0 amide bonds. The van der Waals surface area contributed by atoms with E-state index in [-0.39, 0.29) is 11.8 Å². The van der Waals surface area contributed by atoms with Crippen LogP contribution in [0.2, 0.25) is 0 Å². The Kier molecular flexibility index (Phi) is 4.13. The summed E-state index contributed by atoms with van der Waals surface area (Å²) in [5.41, 5.74) is 2.49. The van der Waals surface area contributed by atoms with Gasteiger partial charge in [0.15, 0.2) is 5.16 Å². The highest BCUT2D eigenvalue weighted by Crippen LogP contribution is 2.52. The van der Waals surface area contributed by atoms with E-state index in [0.717, 1.165) is 24.2 Å². The molecule has 0 aromatic heterocycles. The first-order valence-corrected chi connectivity index (χ1v) is 8.01. The fourth-order valence-corrected chi connectivity index (χ4v) is 3.88. The maximum atomic E-state index is 11.9. The smallest absolute Gasteiger partial charge is 0.315 e. The average molecular weight is 290 g/mol.